The first kappa shape index (κ1) is 15.2. The number of nitrogens with one attached hydrogen (secondary N) is 1. The highest BCUT2D eigenvalue weighted by Gasteiger charge is 2.24. The first-order valence-electron chi connectivity index (χ1n) is 6.59. The summed E-state index contributed by atoms with van der Waals surface area (Å²) in [5.41, 5.74) is 6.85. The molecule has 0 bridgehead atoms. The Bertz CT molecular complexity index is 651. The Kier molecular flexibility index (Phi) is 4.72. The van der Waals surface area contributed by atoms with Crippen LogP contribution in [0.25, 0.3) is 11.4 Å². The number of aromatic nitrogens is 2. The summed E-state index contributed by atoms with van der Waals surface area (Å²) in [5.74, 6) is 0.297. The number of aromatic amines is 1. The van der Waals surface area contributed by atoms with E-state index in [0.29, 0.717) is 11.4 Å². The first-order valence-corrected chi connectivity index (χ1v) is 6.59. The van der Waals surface area contributed by atoms with Gasteiger partial charge in [-0.05, 0) is 0 Å². The molecule has 0 amide bonds. The molecule has 6 nitrogen and oxygen atoms in total. The molecular formula is C15H19N3O3. The molecule has 1 unspecified atom stereocenters. The predicted molar refractivity (Wildman–Crippen MR) is 80.9 cm³/mol. The fourth-order valence-electron chi connectivity index (χ4n) is 2.31. The molecule has 1 aromatic carbocycles. The average Bonchev–Trinajstić information content (AvgIpc) is 2.48. The molecule has 21 heavy (non-hydrogen) atoms. The lowest BCUT2D eigenvalue weighted by Crippen LogP contribution is -2.28. The Labute approximate surface area is 122 Å². The number of benzene rings is 1. The van der Waals surface area contributed by atoms with Crippen LogP contribution in [0.3, 0.4) is 0 Å². The van der Waals surface area contributed by atoms with E-state index in [1.165, 1.54) is 14.2 Å². The summed E-state index contributed by atoms with van der Waals surface area (Å²) in [6, 6.07) is 9.34. The summed E-state index contributed by atoms with van der Waals surface area (Å²) in [6.45, 7) is 1.81. The smallest absolute Gasteiger partial charge is 0.256 e. The molecule has 0 saturated heterocycles. The fourth-order valence-corrected chi connectivity index (χ4v) is 2.31. The Morgan fingerprint density at radius 2 is 1.81 bits per heavy atom. The highest BCUT2D eigenvalue weighted by molar-refractivity contribution is 5.57. The maximum atomic E-state index is 12.3. The molecule has 2 rings (SSSR count). The lowest BCUT2D eigenvalue weighted by Gasteiger charge is -2.21. The summed E-state index contributed by atoms with van der Waals surface area (Å²) < 4.78 is 10.4. The van der Waals surface area contributed by atoms with Gasteiger partial charge in [-0.15, -0.1) is 0 Å². The maximum Gasteiger partial charge on any atom is 0.256 e. The van der Waals surface area contributed by atoms with Crippen LogP contribution in [0.15, 0.2) is 35.1 Å². The summed E-state index contributed by atoms with van der Waals surface area (Å²) in [4.78, 5) is 19.4. The number of nitrogens with zero attached hydrogens (tertiary/aromatic N) is 1. The van der Waals surface area contributed by atoms with E-state index in [2.05, 4.69) is 9.97 Å². The zero-order chi connectivity index (χ0) is 15.4. The molecule has 112 valence electrons. The molecule has 0 aliphatic rings. The standard InChI is InChI=1S/C15H19N3O3/c1-9(15(20-2)21-3)11-12(16)17-13(18-14(11)19)10-7-5-4-6-8-10/h4-9,15H,1-3H3,(H3,16,17,18,19). The summed E-state index contributed by atoms with van der Waals surface area (Å²) >= 11 is 0. The SMILES string of the molecule is COC(OC)C(C)c1c(N)nc(-c2ccccc2)[nH]c1=O. The topological polar surface area (TPSA) is 90.2 Å². The van der Waals surface area contributed by atoms with Crippen LogP contribution in [0.1, 0.15) is 18.4 Å². The van der Waals surface area contributed by atoms with E-state index in [4.69, 9.17) is 15.2 Å². The zero-order valence-corrected chi connectivity index (χ0v) is 12.3. The Morgan fingerprint density at radius 3 is 2.33 bits per heavy atom. The van der Waals surface area contributed by atoms with Gasteiger partial charge in [-0.1, -0.05) is 37.3 Å². The van der Waals surface area contributed by atoms with E-state index in [0.717, 1.165) is 5.56 Å². The number of methoxy groups -OCH3 is 2. The van der Waals surface area contributed by atoms with Crippen LogP contribution in [0.4, 0.5) is 5.82 Å². The maximum absolute atomic E-state index is 12.3. The van der Waals surface area contributed by atoms with Crippen LogP contribution < -0.4 is 11.3 Å². The van der Waals surface area contributed by atoms with E-state index >= 15 is 0 Å². The first-order chi connectivity index (χ1) is 10.1. The second kappa shape index (κ2) is 6.51. The molecule has 1 aromatic heterocycles. The normalized spacial score (nSPS) is 12.6. The molecule has 0 aliphatic heterocycles. The van der Waals surface area contributed by atoms with Crippen molar-refractivity contribution in [2.45, 2.75) is 19.1 Å². The van der Waals surface area contributed by atoms with E-state index in [1.807, 2.05) is 37.3 Å². The van der Waals surface area contributed by atoms with E-state index in [1.54, 1.807) is 0 Å². The second-order valence-corrected chi connectivity index (χ2v) is 4.71. The number of nitrogens with two attached hydrogens (primary N) is 1. The van der Waals surface area contributed by atoms with Crippen molar-refractivity contribution in [1.82, 2.24) is 9.97 Å². The van der Waals surface area contributed by atoms with Gasteiger partial charge in [-0.2, -0.15) is 0 Å². The van der Waals surface area contributed by atoms with Crippen molar-refractivity contribution in [2.75, 3.05) is 20.0 Å². The van der Waals surface area contributed by atoms with E-state index < -0.39 is 6.29 Å². The fraction of sp³-hybridized carbons (Fsp3) is 0.333. The van der Waals surface area contributed by atoms with Crippen LogP contribution in [-0.4, -0.2) is 30.5 Å². The van der Waals surface area contributed by atoms with Crippen molar-refractivity contribution < 1.29 is 9.47 Å². The summed E-state index contributed by atoms with van der Waals surface area (Å²) in [5, 5.41) is 0. The molecule has 0 spiro atoms. The largest absolute Gasteiger partial charge is 0.383 e. The van der Waals surface area contributed by atoms with Crippen molar-refractivity contribution in [3.8, 4) is 11.4 Å². The van der Waals surface area contributed by atoms with Gasteiger partial charge in [0.15, 0.2) is 6.29 Å². The molecular weight excluding hydrogens is 270 g/mol. The number of hydrogen-bond donors (Lipinski definition) is 2. The second-order valence-electron chi connectivity index (χ2n) is 4.71. The molecule has 3 N–H and O–H groups in total. The van der Waals surface area contributed by atoms with Crippen LogP contribution >= 0.6 is 0 Å². The number of ether oxygens (including phenoxy) is 2. The molecule has 0 radical (unpaired) electrons. The third kappa shape index (κ3) is 3.12. The highest BCUT2D eigenvalue weighted by Crippen LogP contribution is 2.24. The van der Waals surface area contributed by atoms with Crippen molar-refractivity contribution in [1.29, 1.82) is 0 Å². The van der Waals surface area contributed by atoms with Crippen molar-refractivity contribution >= 4 is 5.82 Å². The van der Waals surface area contributed by atoms with Gasteiger partial charge in [0.05, 0.1) is 5.56 Å². The minimum absolute atomic E-state index is 0.184. The molecule has 0 fully saturated rings. The molecule has 0 aliphatic carbocycles. The summed E-state index contributed by atoms with van der Waals surface area (Å²) in [6.07, 6.45) is -0.558. The van der Waals surface area contributed by atoms with Crippen molar-refractivity contribution in [3.05, 3.63) is 46.2 Å². The number of rotatable bonds is 5. The van der Waals surface area contributed by atoms with Crippen LogP contribution in [0.2, 0.25) is 0 Å². The van der Waals surface area contributed by atoms with Gasteiger partial charge < -0.3 is 20.2 Å². The van der Waals surface area contributed by atoms with E-state index in [-0.39, 0.29) is 17.3 Å². The lowest BCUT2D eigenvalue weighted by atomic mass is 10.0. The molecule has 6 heteroatoms. The van der Waals surface area contributed by atoms with Crippen LogP contribution in [0.5, 0.6) is 0 Å². The average molecular weight is 289 g/mol. The van der Waals surface area contributed by atoms with Crippen molar-refractivity contribution in [2.24, 2.45) is 0 Å². The Hall–Kier alpha value is -2.18. The molecule has 1 atom stereocenters. The predicted octanol–water partition coefficient (Wildman–Crippen LogP) is 1.74. The number of anilines is 1. The van der Waals surface area contributed by atoms with Gasteiger partial charge in [0.2, 0.25) is 0 Å². The van der Waals surface area contributed by atoms with E-state index in [9.17, 15) is 4.79 Å². The Balaban J connectivity index is 2.45. The zero-order valence-electron chi connectivity index (χ0n) is 12.3. The monoisotopic (exact) mass is 289 g/mol. The van der Waals surface area contributed by atoms with Gasteiger partial charge in [-0.25, -0.2) is 4.98 Å². The summed E-state index contributed by atoms with van der Waals surface area (Å²) in [7, 11) is 3.03. The van der Waals surface area contributed by atoms with Crippen molar-refractivity contribution in [3.63, 3.8) is 0 Å². The highest BCUT2D eigenvalue weighted by atomic mass is 16.7. The van der Waals surface area contributed by atoms with Gasteiger partial charge in [0.25, 0.3) is 5.56 Å². The third-order valence-corrected chi connectivity index (χ3v) is 3.36. The molecule has 1 heterocycles. The quantitative estimate of drug-likeness (QED) is 0.818. The third-order valence-electron chi connectivity index (χ3n) is 3.36. The van der Waals surface area contributed by atoms with Gasteiger partial charge in [0, 0.05) is 25.7 Å². The van der Waals surface area contributed by atoms with Crippen LogP contribution in [-0.2, 0) is 9.47 Å². The molecule has 2 aromatic rings. The van der Waals surface area contributed by atoms with Crippen LogP contribution in [0, 0.1) is 0 Å². The molecule has 0 saturated carbocycles. The minimum Gasteiger partial charge on any atom is -0.383 e. The Morgan fingerprint density at radius 1 is 1.19 bits per heavy atom. The lowest BCUT2D eigenvalue weighted by molar-refractivity contribution is -0.115. The van der Waals surface area contributed by atoms with Gasteiger partial charge >= 0.3 is 0 Å². The minimum atomic E-state index is -0.558. The number of nitrogen functional groups attached to an aromatic ring is 1. The van der Waals surface area contributed by atoms with Gasteiger partial charge in [-0.3, -0.25) is 4.79 Å². The number of H-pyrrole nitrogens is 1. The van der Waals surface area contributed by atoms with Gasteiger partial charge in [0.1, 0.15) is 11.6 Å². The number of hydrogen-bond acceptors (Lipinski definition) is 5.